The van der Waals surface area contributed by atoms with Gasteiger partial charge in [0.25, 0.3) is 5.91 Å². The number of ether oxygens (including phenoxy) is 2. The van der Waals surface area contributed by atoms with Crippen molar-refractivity contribution < 1.29 is 14.3 Å². The number of hydrogen-bond donors (Lipinski definition) is 0. The molecule has 0 N–H and O–H groups in total. The Balaban J connectivity index is 1.87. The molecule has 0 bridgehead atoms. The van der Waals surface area contributed by atoms with Crippen LogP contribution in [0.25, 0.3) is 0 Å². The summed E-state index contributed by atoms with van der Waals surface area (Å²) < 4.78 is 12.4. The molecule has 1 atom stereocenters. The van der Waals surface area contributed by atoms with Crippen LogP contribution in [-0.4, -0.2) is 60.1 Å². The molecule has 1 fully saturated rings. The fourth-order valence-corrected chi connectivity index (χ4v) is 2.25. The third-order valence-corrected chi connectivity index (χ3v) is 3.43. The van der Waals surface area contributed by atoms with Crippen molar-refractivity contribution in [2.24, 2.45) is 0 Å². The molecule has 1 saturated heterocycles. The number of nitrogens with zero attached hydrogens (tertiary/aromatic N) is 3. The van der Waals surface area contributed by atoms with Crippen LogP contribution in [0.15, 0.2) is 12.3 Å². The maximum atomic E-state index is 12.3. The number of hydrogen-bond acceptors (Lipinski definition) is 4. The summed E-state index contributed by atoms with van der Waals surface area (Å²) in [5.74, 6) is -0.0118. The molecule has 1 aromatic rings. The van der Waals surface area contributed by atoms with Crippen LogP contribution in [0.5, 0.6) is 0 Å². The summed E-state index contributed by atoms with van der Waals surface area (Å²) in [6.45, 7) is 6.60. The van der Waals surface area contributed by atoms with Crippen molar-refractivity contribution in [2.75, 3.05) is 33.4 Å². The Hall–Kier alpha value is -1.40. The molecule has 0 aromatic carbocycles. The molecule has 0 spiro atoms. The van der Waals surface area contributed by atoms with E-state index in [9.17, 15) is 4.79 Å². The van der Waals surface area contributed by atoms with Gasteiger partial charge >= 0.3 is 0 Å². The lowest BCUT2D eigenvalue weighted by atomic mass is 10.3. The van der Waals surface area contributed by atoms with Crippen LogP contribution in [0, 0.1) is 0 Å². The third kappa shape index (κ3) is 3.58. The summed E-state index contributed by atoms with van der Waals surface area (Å²) in [5, 5.41) is 4.32. The van der Waals surface area contributed by atoms with Gasteiger partial charge in [0.05, 0.1) is 19.3 Å². The largest absolute Gasteiger partial charge is 0.382 e. The Morgan fingerprint density at radius 3 is 2.95 bits per heavy atom. The maximum absolute atomic E-state index is 12.3. The van der Waals surface area contributed by atoms with Gasteiger partial charge in [-0.25, -0.2) is 0 Å². The molecule has 20 heavy (non-hydrogen) atoms. The zero-order valence-corrected chi connectivity index (χ0v) is 12.4. The van der Waals surface area contributed by atoms with Crippen LogP contribution in [0.3, 0.4) is 0 Å². The average Bonchev–Trinajstić information content (AvgIpc) is 3.07. The van der Waals surface area contributed by atoms with Gasteiger partial charge in [-0.3, -0.25) is 9.48 Å². The second-order valence-electron chi connectivity index (χ2n) is 5.30. The van der Waals surface area contributed by atoms with Crippen molar-refractivity contribution in [3.8, 4) is 0 Å². The van der Waals surface area contributed by atoms with Crippen LogP contribution in [0.2, 0.25) is 0 Å². The van der Waals surface area contributed by atoms with Crippen molar-refractivity contribution >= 4 is 5.91 Å². The van der Waals surface area contributed by atoms with E-state index in [1.165, 1.54) is 0 Å². The first-order valence-electron chi connectivity index (χ1n) is 7.06. The topological polar surface area (TPSA) is 56.6 Å². The molecule has 0 unspecified atom stereocenters. The Kier molecular flexibility index (Phi) is 5.14. The Labute approximate surface area is 119 Å². The smallest absolute Gasteiger partial charge is 0.274 e. The lowest BCUT2D eigenvalue weighted by Crippen LogP contribution is -2.31. The highest BCUT2D eigenvalue weighted by atomic mass is 16.5. The number of carbonyl (C=O) groups is 1. The van der Waals surface area contributed by atoms with E-state index in [4.69, 9.17) is 9.47 Å². The second kappa shape index (κ2) is 6.85. The molecule has 6 nitrogen and oxygen atoms in total. The zero-order chi connectivity index (χ0) is 14.5. The lowest BCUT2D eigenvalue weighted by Gasteiger charge is -2.15. The van der Waals surface area contributed by atoms with E-state index in [0.717, 1.165) is 13.0 Å². The zero-order valence-electron chi connectivity index (χ0n) is 12.4. The van der Waals surface area contributed by atoms with Gasteiger partial charge in [-0.1, -0.05) is 0 Å². The predicted molar refractivity (Wildman–Crippen MR) is 74.7 cm³/mol. The summed E-state index contributed by atoms with van der Waals surface area (Å²) in [4.78, 5) is 14.1. The van der Waals surface area contributed by atoms with Crippen LogP contribution in [0.4, 0.5) is 0 Å². The Bertz CT molecular complexity index is 445. The number of likely N-dealkylation sites (tertiary alicyclic amines) is 1. The summed E-state index contributed by atoms with van der Waals surface area (Å²) in [7, 11) is 1.65. The monoisotopic (exact) mass is 281 g/mol. The Morgan fingerprint density at radius 1 is 1.50 bits per heavy atom. The van der Waals surface area contributed by atoms with Crippen LogP contribution in [-0.2, 0) is 9.47 Å². The molecule has 6 heteroatoms. The summed E-state index contributed by atoms with van der Waals surface area (Å²) in [6, 6.07) is 2.04. The van der Waals surface area contributed by atoms with Gasteiger partial charge in [0.1, 0.15) is 5.69 Å². The molecule has 1 aliphatic rings. The van der Waals surface area contributed by atoms with Crippen LogP contribution >= 0.6 is 0 Å². The van der Waals surface area contributed by atoms with Crippen molar-refractivity contribution in [2.45, 2.75) is 32.4 Å². The van der Waals surface area contributed by atoms with Gasteiger partial charge in [-0.15, -0.1) is 0 Å². The van der Waals surface area contributed by atoms with Gasteiger partial charge < -0.3 is 14.4 Å². The van der Waals surface area contributed by atoms with E-state index in [0.29, 0.717) is 25.5 Å². The highest BCUT2D eigenvalue weighted by molar-refractivity contribution is 5.92. The van der Waals surface area contributed by atoms with Gasteiger partial charge in [-0.05, 0) is 26.3 Å². The first-order valence-corrected chi connectivity index (χ1v) is 7.06. The fraction of sp³-hybridized carbons (Fsp3) is 0.714. The number of amides is 1. The molecule has 2 heterocycles. The van der Waals surface area contributed by atoms with E-state index in [1.807, 2.05) is 24.9 Å². The molecule has 112 valence electrons. The number of methoxy groups -OCH3 is 1. The number of carbonyl (C=O) groups excluding carboxylic acids is 1. The molecule has 1 aromatic heterocycles. The van der Waals surface area contributed by atoms with Crippen molar-refractivity contribution in [1.82, 2.24) is 14.7 Å². The molecule has 2 rings (SSSR count). The van der Waals surface area contributed by atoms with Crippen molar-refractivity contribution in [1.29, 1.82) is 0 Å². The van der Waals surface area contributed by atoms with Crippen molar-refractivity contribution in [3.05, 3.63) is 18.0 Å². The van der Waals surface area contributed by atoms with E-state index in [2.05, 4.69) is 5.10 Å². The number of rotatable bonds is 6. The van der Waals surface area contributed by atoms with E-state index >= 15 is 0 Å². The van der Waals surface area contributed by atoms with Crippen molar-refractivity contribution in [3.63, 3.8) is 0 Å². The van der Waals surface area contributed by atoms with Gasteiger partial charge in [0.2, 0.25) is 0 Å². The normalized spacial score (nSPS) is 19.0. The van der Waals surface area contributed by atoms with E-state index in [-0.39, 0.29) is 18.1 Å². The van der Waals surface area contributed by atoms with Gasteiger partial charge in [-0.2, -0.15) is 5.10 Å². The molecule has 0 radical (unpaired) electrons. The minimum atomic E-state index is -0.0118. The van der Waals surface area contributed by atoms with Gasteiger partial charge in [0, 0.05) is 32.4 Å². The highest BCUT2D eigenvalue weighted by Gasteiger charge is 2.28. The molecule has 0 saturated carbocycles. The molecular formula is C14H23N3O3. The highest BCUT2D eigenvalue weighted by Crippen LogP contribution is 2.16. The summed E-state index contributed by atoms with van der Waals surface area (Å²) in [5.41, 5.74) is 0.510. The molecule has 1 amide bonds. The average molecular weight is 281 g/mol. The van der Waals surface area contributed by atoms with E-state index in [1.54, 1.807) is 17.9 Å². The van der Waals surface area contributed by atoms with E-state index < -0.39 is 0 Å². The minimum Gasteiger partial charge on any atom is -0.382 e. The second-order valence-corrected chi connectivity index (χ2v) is 5.30. The first kappa shape index (κ1) is 15.0. The third-order valence-electron chi connectivity index (χ3n) is 3.43. The minimum absolute atomic E-state index is 0.0118. The molecule has 1 aliphatic heterocycles. The van der Waals surface area contributed by atoms with Crippen LogP contribution < -0.4 is 0 Å². The fourth-order valence-electron chi connectivity index (χ4n) is 2.25. The summed E-state index contributed by atoms with van der Waals surface area (Å²) >= 11 is 0. The number of aromatic nitrogens is 2. The van der Waals surface area contributed by atoms with Gasteiger partial charge in [0.15, 0.2) is 0 Å². The Morgan fingerprint density at radius 2 is 2.30 bits per heavy atom. The first-order chi connectivity index (χ1) is 9.61. The molecule has 0 aliphatic carbocycles. The summed E-state index contributed by atoms with van der Waals surface area (Å²) in [6.07, 6.45) is 2.84. The molecular weight excluding hydrogens is 258 g/mol. The maximum Gasteiger partial charge on any atom is 0.274 e. The SMILES string of the molecule is COCCO[C@H]1CCN(C(=O)c2ccn(C(C)C)n2)C1. The lowest BCUT2D eigenvalue weighted by molar-refractivity contribution is 0.0218. The quantitative estimate of drug-likeness (QED) is 0.738. The van der Waals surface area contributed by atoms with Crippen LogP contribution in [0.1, 0.15) is 36.8 Å². The predicted octanol–water partition coefficient (Wildman–Crippen LogP) is 1.34. The standard InChI is InChI=1S/C14H23N3O3/c1-11(2)17-7-5-13(15-17)14(18)16-6-4-12(10-16)20-9-8-19-3/h5,7,11-12H,4,6,8-10H2,1-3H3/t12-/m0/s1.